The van der Waals surface area contributed by atoms with Crippen molar-refractivity contribution in [3.05, 3.63) is 12.7 Å². The van der Waals surface area contributed by atoms with E-state index in [0.717, 1.165) is 0 Å². The van der Waals surface area contributed by atoms with E-state index >= 15 is 0 Å². The summed E-state index contributed by atoms with van der Waals surface area (Å²) in [7, 11) is 0. The van der Waals surface area contributed by atoms with Crippen LogP contribution in [-0.2, 0) is 14.2 Å². The van der Waals surface area contributed by atoms with Crippen LogP contribution in [0.1, 0.15) is 27.0 Å². The summed E-state index contributed by atoms with van der Waals surface area (Å²) in [4.78, 5) is 12.4. The summed E-state index contributed by atoms with van der Waals surface area (Å²) in [5, 5.41) is 9.78. The Morgan fingerprint density at radius 1 is 1.22 bits per heavy atom. The molecule has 0 radical (unpaired) electrons. The molecule has 4 rings (SSSR count). The largest absolute Gasteiger partial charge is 0.393 e. The van der Waals surface area contributed by atoms with Gasteiger partial charge in [-0.1, -0.05) is 0 Å². The lowest BCUT2D eigenvalue weighted by molar-refractivity contribution is -0.222. The van der Waals surface area contributed by atoms with Crippen LogP contribution in [0.15, 0.2) is 12.7 Å². The summed E-state index contributed by atoms with van der Waals surface area (Å²) >= 11 is 0. The molecule has 9 heteroatoms. The number of nitrogens with two attached hydrogens (primary N) is 1. The summed E-state index contributed by atoms with van der Waals surface area (Å²) < 4.78 is 19.8. The number of aliphatic hydroxyl groups is 1. The van der Waals surface area contributed by atoms with E-state index in [0.29, 0.717) is 17.0 Å². The highest BCUT2D eigenvalue weighted by molar-refractivity contribution is 5.81. The molecule has 2 saturated heterocycles. The molecule has 0 aromatic carbocycles. The third-order valence-corrected chi connectivity index (χ3v) is 4.38. The molecule has 23 heavy (non-hydrogen) atoms. The zero-order chi connectivity index (χ0) is 16.4. The number of hydrogen-bond donors (Lipinski definition) is 2. The number of imidazole rings is 1. The summed E-state index contributed by atoms with van der Waals surface area (Å²) in [6.07, 6.45) is 1.65. The number of hydrogen-bond acceptors (Lipinski definition) is 8. The van der Waals surface area contributed by atoms with E-state index in [4.69, 9.17) is 19.9 Å². The Balaban J connectivity index is 1.80. The van der Waals surface area contributed by atoms with Crippen molar-refractivity contribution in [3.63, 3.8) is 0 Å². The first-order valence-corrected chi connectivity index (χ1v) is 7.42. The van der Waals surface area contributed by atoms with Crippen LogP contribution in [0.4, 0.5) is 5.82 Å². The van der Waals surface area contributed by atoms with Crippen molar-refractivity contribution in [2.75, 3.05) is 12.3 Å². The van der Waals surface area contributed by atoms with Crippen molar-refractivity contribution in [3.8, 4) is 0 Å². The lowest BCUT2D eigenvalue weighted by Crippen LogP contribution is -2.43. The molecule has 0 unspecified atom stereocenters. The van der Waals surface area contributed by atoms with Gasteiger partial charge in [-0.15, -0.1) is 0 Å². The number of anilines is 1. The van der Waals surface area contributed by atoms with Gasteiger partial charge in [0.15, 0.2) is 23.5 Å². The first-order valence-electron chi connectivity index (χ1n) is 7.42. The van der Waals surface area contributed by atoms with Gasteiger partial charge in [-0.25, -0.2) is 15.0 Å². The normalized spacial score (nSPS) is 35.7. The van der Waals surface area contributed by atoms with Crippen LogP contribution in [-0.4, -0.2) is 54.8 Å². The SMILES string of the molecule is CC1(C)O[C@H]2[C@H](n3cnc4c(N)ncnc43)O[C@](C)(CO)[C@H]2O1. The Morgan fingerprint density at radius 2 is 2.00 bits per heavy atom. The fraction of sp³-hybridized carbons (Fsp3) is 0.643. The zero-order valence-corrected chi connectivity index (χ0v) is 13.1. The maximum Gasteiger partial charge on any atom is 0.167 e. The molecule has 2 aromatic heterocycles. The third-order valence-electron chi connectivity index (χ3n) is 4.38. The number of rotatable bonds is 2. The predicted octanol–water partition coefficient (Wildman–Crippen LogP) is 0.208. The molecule has 2 fully saturated rings. The molecule has 4 heterocycles. The highest BCUT2D eigenvalue weighted by atomic mass is 16.8. The summed E-state index contributed by atoms with van der Waals surface area (Å²) in [6.45, 7) is 5.30. The minimum atomic E-state index is -0.877. The second-order valence-corrected chi connectivity index (χ2v) is 6.58. The lowest BCUT2D eigenvalue weighted by Gasteiger charge is -2.29. The Kier molecular flexibility index (Phi) is 2.95. The Morgan fingerprint density at radius 3 is 2.74 bits per heavy atom. The van der Waals surface area contributed by atoms with Gasteiger partial charge in [0.25, 0.3) is 0 Å². The van der Waals surface area contributed by atoms with Gasteiger partial charge >= 0.3 is 0 Å². The maximum absolute atomic E-state index is 9.78. The smallest absolute Gasteiger partial charge is 0.167 e. The van der Waals surface area contributed by atoms with E-state index in [2.05, 4.69) is 15.0 Å². The maximum atomic E-state index is 9.78. The van der Waals surface area contributed by atoms with Gasteiger partial charge in [0, 0.05) is 0 Å². The fourth-order valence-electron chi connectivity index (χ4n) is 3.28. The van der Waals surface area contributed by atoms with Crippen molar-refractivity contribution in [1.82, 2.24) is 19.5 Å². The number of fused-ring (bicyclic) bond motifs is 2. The second-order valence-electron chi connectivity index (χ2n) is 6.58. The summed E-state index contributed by atoms with van der Waals surface area (Å²) in [6, 6.07) is 0. The number of ether oxygens (including phenoxy) is 3. The Bertz CT molecular complexity index is 763. The van der Waals surface area contributed by atoms with Crippen LogP contribution < -0.4 is 5.73 Å². The predicted molar refractivity (Wildman–Crippen MR) is 79.2 cm³/mol. The van der Waals surface area contributed by atoms with Gasteiger partial charge in [-0.05, 0) is 20.8 Å². The molecule has 3 N–H and O–H groups in total. The van der Waals surface area contributed by atoms with Gasteiger partial charge in [-0.3, -0.25) is 4.57 Å². The number of nitrogens with zero attached hydrogens (tertiary/aromatic N) is 4. The minimum Gasteiger partial charge on any atom is -0.393 e. The molecule has 2 aliphatic heterocycles. The van der Waals surface area contributed by atoms with Gasteiger partial charge < -0.3 is 25.1 Å². The molecule has 0 spiro atoms. The van der Waals surface area contributed by atoms with E-state index in [1.54, 1.807) is 17.8 Å². The minimum absolute atomic E-state index is 0.187. The van der Waals surface area contributed by atoms with Gasteiger partial charge in [0.1, 0.15) is 29.7 Å². The average molecular weight is 321 g/mol. The molecule has 4 atom stereocenters. The van der Waals surface area contributed by atoms with E-state index < -0.39 is 29.8 Å². The van der Waals surface area contributed by atoms with Gasteiger partial charge in [0.05, 0.1) is 12.9 Å². The van der Waals surface area contributed by atoms with Crippen LogP contribution in [0.3, 0.4) is 0 Å². The molecule has 2 aromatic rings. The van der Waals surface area contributed by atoms with Crippen molar-refractivity contribution in [2.45, 2.75) is 50.6 Å². The molecular weight excluding hydrogens is 302 g/mol. The number of aliphatic hydroxyl groups excluding tert-OH is 1. The van der Waals surface area contributed by atoms with Gasteiger partial charge in [0.2, 0.25) is 0 Å². The highest BCUT2D eigenvalue weighted by Gasteiger charge is 2.61. The third kappa shape index (κ3) is 2.04. The molecule has 124 valence electrons. The Labute approximate surface area is 132 Å². The van der Waals surface area contributed by atoms with Crippen LogP contribution in [0.25, 0.3) is 11.2 Å². The highest BCUT2D eigenvalue weighted by Crippen LogP contribution is 2.48. The number of nitrogen functional groups attached to an aromatic ring is 1. The fourth-order valence-corrected chi connectivity index (χ4v) is 3.28. The summed E-state index contributed by atoms with van der Waals surface area (Å²) in [5.74, 6) is -0.449. The van der Waals surface area contributed by atoms with Crippen molar-refractivity contribution in [1.29, 1.82) is 0 Å². The molecule has 2 aliphatic rings. The van der Waals surface area contributed by atoms with Crippen LogP contribution in [0, 0.1) is 0 Å². The van der Waals surface area contributed by atoms with Crippen molar-refractivity contribution < 1.29 is 19.3 Å². The monoisotopic (exact) mass is 321 g/mol. The molecule has 0 aliphatic carbocycles. The number of aromatic nitrogens is 4. The van der Waals surface area contributed by atoms with Crippen LogP contribution in [0.5, 0.6) is 0 Å². The van der Waals surface area contributed by atoms with Crippen LogP contribution in [0.2, 0.25) is 0 Å². The quantitative estimate of drug-likeness (QED) is 0.806. The molecular formula is C14H19N5O4. The standard InChI is InChI=1S/C14H19N5O4/c1-13(2)21-8-9(22-13)14(3,4-20)23-12(8)19-6-18-7-10(15)16-5-17-11(7)19/h5-6,8-9,12,20H,4H2,1-3H3,(H2,15,16,17)/t8-,9+,12-,14-/m1/s1. The van der Waals surface area contributed by atoms with E-state index in [1.165, 1.54) is 6.33 Å². The van der Waals surface area contributed by atoms with Crippen molar-refractivity contribution in [2.24, 2.45) is 0 Å². The molecule has 0 amide bonds. The summed E-state index contributed by atoms with van der Waals surface area (Å²) in [5.41, 5.74) is 6.01. The first-order chi connectivity index (χ1) is 10.8. The topological polar surface area (TPSA) is 118 Å². The second kappa shape index (κ2) is 4.60. The molecule has 9 nitrogen and oxygen atoms in total. The van der Waals surface area contributed by atoms with E-state index in [-0.39, 0.29) is 6.61 Å². The molecule has 0 saturated carbocycles. The van der Waals surface area contributed by atoms with Crippen molar-refractivity contribution >= 4 is 17.0 Å². The average Bonchev–Trinajstić information content (AvgIpc) is 3.12. The van der Waals surface area contributed by atoms with Crippen LogP contribution >= 0.6 is 0 Å². The lowest BCUT2D eigenvalue weighted by atomic mass is 9.99. The zero-order valence-electron chi connectivity index (χ0n) is 13.1. The van der Waals surface area contributed by atoms with E-state index in [9.17, 15) is 5.11 Å². The Hall–Kier alpha value is -1.81. The molecule has 0 bridgehead atoms. The van der Waals surface area contributed by atoms with E-state index in [1.807, 2.05) is 13.8 Å². The first kappa shape index (κ1) is 14.8. The van der Waals surface area contributed by atoms with Gasteiger partial charge in [-0.2, -0.15) is 0 Å².